The Morgan fingerprint density at radius 1 is 0.810 bits per heavy atom. The zero-order valence-corrected chi connectivity index (χ0v) is 13.3. The monoisotopic (exact) mass is 356 g/mol. The number of fused-ring (bicyclic) bond motifs is 3. The van der Waals surface area contributed by atoms with Gasteiger partial charge < -0.3 is 4.42 Å². The van der Waals surface area contributed by atoms with Crippen LogP contribution in [-0.4, -0.2) is 0 Å². The molecule has 0 unspecified atom stereocenters. The first-order valence-corrected chi connectivity index (χ1v) is 7.77. The van der Waals surface area contributed by atoms with E-state index in [2.05, 4.69) is 34.1 Å². The van der Waals surface area contributed by atoms with Gasteiger partial charge in [-0.15, -0.1) is 0 Å². The van der Waals surface area contributed by atoms with Crippen molar-refractivity contribution < 1.29 is 4.42 Å². The van der Waals surface area contributed by atoms with Crippen molar-refractivity contribution in [1.82, 2.24) is 0 Å². The van der Waals surface area contributed by atoms with E-state index in [0.29, 0.717) is 0 Å². The summed E-state index contributed by atoms with van der Waals surface area (Å²) in [5.74, 6) is 0. The number of halogens is 2. The second kappa shape index (κ2) is 4.90. The Kier molecular flexibility index (Phi) is 3.02. The molecule has 0 aliphatic rings. The van der Waals surface area contributed by atoms with Crippen LogP contribution in [0.5, 0.6) is 0 Å². The number of hydrogen-bond donors (Lipinski definition) is 0. The Morgan fingerprint density at radius 3 is 2.48 bits per heavy atom. The quantitative estimate of drug-likeness (QED) is 0.371. The van der Waals surface area contributed by atoms with Crippen LogP contribution in [0.1, 0.15) is 0 Å². The fraction of sp³-hybridized carbons (Fsp3) is 0. The zero-order valence-electron chi connectivity index (χ0n) is 10.9. The van der Waals surface area contributed by atoms with Gasteiger partial charge in [0.15, 0.2) is 0 Å². The predicted molar refractivity (Wildman–Crippen MR) is 91.9 cm³/mol. The van der Waals surface area contributed by atoms with Crippen molar-refractivity contribution in [3.8, 4) is 11.1 Å². The summed E-state index contributed by atoms with van der Waals surface area (Å²) >= 11 is 9.72. The van der Waals surface area contributed by atoms with Crippen LogP contribution in [0, 0.1) is 0 Å². The Labute approximate surface area is 135 Å². The fourth-order valence-electron chi connectivity index (χ4n) is 2.66. The van der Waals surface area contributed by atoms with Crippen LogP contribution in [0.25, 0.3) is 33.1 Å². The summed E-state index contributed by atoms with van der Waals surface area (Å²) in [6.07, 6.45) is 0. The Morgan fingerprint density at radius 2 is 1.62 bits per heavy atom. The van der Waals surface area contributed by atoms with Crippen molar-refractivity contribution in [2.45, 2.75) is 0 Å². The second-order valence-corrected chi connectivity index (χ2v) is 6.20. The van der Waals surface area contributed by atoms with Crippen LogP contribution in [0.3, 0.4) is 0 Å². The number of hydrogen-bond acceptors (Lipinski definition) is 1. The highest BCUT2D eigenvalue weighted by atomic mass is 79.9. The minimum Gasteiger partial charge on any atom is -0.455 e. The number of rotatable bonds is 1. The minimum atomic E-state index is 0.719. The predicted octanol–water partition coefficient (Wildman–Crippen LogP) is 6.67. The van der Waals surface area contributed by atoms with Gasteiger partial charge in [-0.25, -0.2) is 0 Å². The largest absolute Gasteiger partial charge is 0.455 e. The molecule has 0 atom stereocenters. The van der Waals surface area contributed by atoms with E-state index < -0.39 is 0 Å². The molecule has 0 spiro atoms. The van der Waals surface area contributed by atoms with Crippen LogP contribution in [0.2, 0.25) is 5.02 Å². The molecule has 4 rings (SSSR count). The van der Waals surface area contributed by atoms with Crippen LogP contribution >= 0.6 is 27.5 Å². The van der Waals surface area contributed by atoms with Crippen LogP contribution in [0.15, 0.2) is 69.6 Å². The average molecular weight is 358 g/mol. The second-order valence-electron chi connectivity index (χ2n) is 4.90. The summed E-state index contributed by atoms with van der Waals surface area (Å²) in [5, 5.41) is 2.85. The Balaban J connectivity index is 2.12. The molecule has 1 nitrogen and oxygen atoms in total. The van der Waals surface area contributed by atoms with Gasteiger partial charge in [0.2, 0.25) is 0 Å². The molecule has 0 radical (unpaired) electrons. The van der Waals surface area contributed by atoms with Gasteiger partial charge in [0.1, 0.15) is 11.2 Å². The molecular formula is C18H10BrClO. The summed E-state index contributed by atoms with van der Waals surface area (Å²) in [7, 11) is 0. The van der Waals surface area contributed by atoms with Gasteiger partial charge in [-0.3, -0.25) is 0 Å². The lowest BCUT2D eigenvalue weighted by atomic mass is 10.0. The van der Waals surface area contributed by atoms with E-state index >= 15 is 0 Å². The van der Waals surface area contributed by atoms with Gasteiger partial charge >= 0.3 is 0 Å². The van der Waals surface area contributed by atoms with Crippen molar-refractivity contribution in [1.29, 1.82) is 0 Å². The third-order valence-corrected chi connectivity index (χ3v) is 4.55. The normalized spacial score (nSPS) is 11.3. The molecule has 0 N–H and O–H groups in total. The van der Waals surface area contributed by atoms with Gasteiger partial charge in [0, 0.05) is 25.8 Å². The van der Waals surface area contributed by atoms with Crippen molar-refractivity contribution in [2.75, 3.05) is 0 Å². The number of benzene rings is 3. The van der Waals surface area contributed by atoms with Gasteiger partial charge in [0.05, 0.1) is 0 Å². The third kappa shape index (κ3) is 2.06. The van der Waals surface area contributed by atoms with E-state index in [1.54, 1.807) is 0 Å². The molecule has 3 aromatic carbocycles. The minimum absolute atomic E-state index is 0.719. The molecule has 0 fully saturated rings. The molecule has 0 bridgehead atoms. The maximum absolute atomic E-state index is 6.11. The SMILES string of the molecule is Clc1ccc2oc3c(-c4ccccc4Br)cccc3c2c1. The molecule has 21 heavy (non-hydrogen) atoms. The standard InChI is InChI=1S/C18H10BrClO/c19-16-7-2-1-4-12(16)13-5-3-6-14-15-10-11(20)8-9-17(15)21-18(13)14/h1-10H. The van der Waals surface area contributed by atoms with Crippen LogP contribution in [0.4, 0.5) is 0 Å². The summed E-state index contributed by atoms with van der Waals surface area (Å²) in [6, 6.07) is 20.1. The summed E-state index contributed by atoms with van der Waals surface area (Å²) in [5.41, 5.74) is 3.94. The van der Waals surface area contributed by atoms with Gasteiger partial charge in [-0.05, 0) is 29.8 Å². The summed E-state index contributed by atoms with van der Waals surface area (Å²) < 4.78 is 7.12. The molecule has 0 aliphatic carbocycles. The number of para-hydroxylation sites is 1. The van der Waals surface area contributed by atoms with Crippen LogP contribution < -0.4 is 0 Å². The molecule has 102 valence electrons. The number of furan rings is 1. The highest BCUT2D eigenvalue weighted by Crippen LogP contribution is 2.38. The molecule has 1 aromatic heterocycles. The van der Waals surface area contributed by atoms with E-state index in [1.165, 1.54) is 0 Å². The lowest BCUT2D eigenvalue weighted by molar-refractivity contribution is 0.670. The topological polar surface area (TPSA) is 13.1 Å². The molecule has 0 saturated heterocycles. The maximum atomic E-state index is 6.11. The van der Waals surface area contributed by atoms with E-state index in [0.717, 1.165) is 42.6 Å². The first-order chi connectivity index (χ1) is 10.2. The van der Waals surface area contributed by atoms with Crippen molar-refractivity contribution >= 4 is 49.5 Å². The lowest BCUT2D eigenvalue weighted by Crippen LogP contribution is -1.80. The third-order valence-electron chi connectivity index (χ3n) is 3.62. The van der Waals surface area contributed by atoms with Gasteiger partial charge in [0.25, 0.3) is 0 Å². The van der Waals surface area contributed by atoms with E-state index in [4.69, 9.17) is 16.0 Å². The highest BCUT2D eigenvalue weighted by Gasteiger charge is 2.13. The molecular weight excluding hydrogens is 348 g/mol. The van der Waals surface area contributed by atoms with E-state index in [9.17, 15) is 0 Å². The Bertz CT molecular complexity index is 971. The molecule has 0 saturated carbocycles. The van der Waals surface area contributed by atoms with Gasteiger partial charge in [-0.1, -0.05) is 63.9 Å². The lowest BCUT2D eigenvalue weighted by Gasteiger charge is -2.04. The molecule has 4 aromatic rings. The molecule has 3 heteroatoms. The van der Waals surface area contributed by atoms with E-state index in [1.807, 2.05) is 42.5 Å². The Hall–Kier alpha value is -1.77. The van der Waals surface area contributed by atoms with E-state index in [-0.39, 0.29) is 0 Å². The van der Waals surface area contributed by atoms with Crippen LogP contribution in [-0.2, 0) is 0 Å². The van der Waals surface area contributed by atoms with Crippen molar-refractivity contribution in [2.24, 2.45) is 0 Å². The van der Waals surface area contributed by atoms with Crippen molar-refractivity contribution in [3.05, 3.63) is 70.2 Å². The molecule has 0 aliphatic heterocycles. The maximum Gasteiger partial charge on any atom is 0.143 e. The fourth-order valence-corrected chi connectivity index (χ4v) is 3.33. The highest BCUT2D eigenvalue weighted by molar-refractivity contribution is 9.10. The van der Waals surface area contributed by atoms with Crippen molar-refractivity contribution in [3.63, 3.8) is 0 Å². The zero-order chi connectivity index (χ0) is 14.4. The first kappa shape index (κ1) is 12.9. The smallest absolute Gasteiger partial charge is 0.143 e. The summed E-state index contributed by atoms with van der Waals surface area (Å²) in [6.45, 7) is 0. The first-order valence-electron chi connectivity index (χ1n) is 6.60. The molecule has 0 amide bonds. The molecule has 1 heterocycles. The summed E-state index contributed by atoms with van der Waals surface area (Å²) in [4.78, 5) is 0. The van der Waals surface area contributed by atoms with Gasteiger partial charge in [-0.2, -0.15) is 0 Å². The average Bonchev–Trinajstić information content (AvgIpc) is 2.86.